The summed E-state index contributed by atoms with van der Waals surface area (Å²) in [4.78, 5) is 19.7. The molecule has 1 amide bonds. The first-order chi connectivity index (χ1) is 11.7. The summed E-state index contributed by atoms with van der Waals surface area (Å²) < 4.78 is 0. The van der Waals surface area contributed by atoms with E-state index in [1.807, 2.05) is 48.5 Å². The van der Waals surface area contributed by atoms with Gasteiger partial charge < -0.3 is 10.3 Å². The average molecular weight is 342 g/mol. The molecule has 1 aromatic heterocycles. The maximum atomic E-state index is 11.9. The second-order valence-corrected chi connectivity index (χ2v) is 6.22. The van der Waals surface area contributed by atoms with E-state index < -0.39 is 0 Å². The monoisotopic (exact) mass is 341 g/mol. The number of amides is 1. The van der Waals surface area contributed by atoms with Gasteiger partial charge in [-0.2, -0.15) is 0 Å². The summed E-state index contributed by atoms with van der Waals surface area (Å²) in [6.45, 7) is 0.597. The number of aryl methyl sites for hydroxylation is 1. The lowest BCUT2D eigenvalue weighted by molar-refractivity contribution is -0.121. The molecule has 0 aliphatic carbocycles. The van der Waals surface area contributed by atoms with Crippen molar-refractivity contribution in [1.82, 2.24) is 15.3 Å². The van der Waals surface area contributed by atoms with Crippen molar-refractivity contribution in [2.75, 3.05) is 6.54 Å². The van der Waals surface area contributed by atoms with E-state index in [0.717, 1.165) is 34.7 Å². The van der Waals surface area contributed by atoms with Gasteiger partial charge in [-0.3, -0.25) is 4.79 Å². The van der Waals surface area contributed by atoms with Crippen LogP contribution in [-0.4, -0.2) is 22.4 Å². The van der Waals surface area contributed by atoms with E-state index >= 15 is 0 Å². The lowest BCUT2D eigenvalue weighted by Gasteiger charge is -2.04. The summed E-state index contributed by atoms with van der Waals surface area (Å²) in [6, 6.07) is 15.7. The highest BCUT2D eigenvalue weighted by Crippen LogP contribution is 2.12. The first kappa shape index (κ1) is 16.5. The fraction of sp³-hybridized carbons (Fsp3) is 0.263. The number of benzene rings is 2. The summed E-state index contributed by atoms with van der Waals surface area (Å²) in [6.07, 6.45) is 2.95. The van der Waals surface area contributed by atoms with Crippen LogP contribution in [0.15, 0.2) is 48.5 Å². The molecule has 0 saturated carbocycles. The topological polar surface area (TPSA) is 57.8 Å². The Morgan fingerprint density at radius 3 is 2.67 bits per heavy atom. The second-order valence-electron chi connectivity index (χ2n) is 5.78. The maximum absolute atomic E-state index is 11.9. The normalized spacial score (nSPS) is 10.9. The molecule has 2 N–H and O–H groups in total. The van der Waals surface area contributed by atoms with Crippen LogP contribution in [-0.2, 0) is 17.6 Å². The van der Waals surface area contributed by atoms with Crippen LogP contribution < -0.4 is 5.32 Å². The minimum absolute atomic E-state index is 0.0834. The van der Waals surface area contributed by atoms with Crippen LogP contribution in [0, 0.1) is 0 Å². The van der Waals surface area contributed by atoms with Crippen molar-refractivity contribution >= 4 is 28.5 Å². The quantitative estimate of drug-likeness (QED) is 0.684. The van der Waals surface area contributed by atoms with Crippen LogP contribution in [0.25, 0.3) is 11.0 Å². The van der Waals surface area contributed by atoms with Crippen molar-refractivity contribution < 1.29 is 4.79 Å². The summed E-state index contributed by atoms with van der Waals surface area (Å²) >= 11 is 5.86. The molecule has 4 nitrogen and oxygen atoms in total. The van der Waals surface area contributed by atoms with Crippen LogP contribution in [0.2, 0.25) is 5.02 Å². The smallest absolute Gasteiger partial charge is 0.220 e. The molecular weight excluding hydrogens is 322 g/mol. The van der Waals surface area contributed by atoms with Gasteiger partial charge in [-0.05, 0) is 42.7 Å². The summed E-state index contributed by atoms with van der Waals surface area (Å²) in [5.41, 5.74) is 3.19. The Balaban J connectivity index is 1.37. The molecule has 24 heavy (non-hydrogen) atoms. The number of fused-ring (bicyclic) bond motifs is 1. The van der Waals surface area contributed by atoms with E-state index in [1.54, 1.807) is 0 Å². The van der Waals surface area contributed by atoms with Gasteiger partial charge in [0.25, 0.3) is 0 Å². The van der Waals surface area contributed by atoms with Gasteiger partial charge in [-0.25, -0.2) is 4.98 Å². The highest BCUT2D eigenvalue weighted by molar-refractivity contribution is 6.30. The third-order valence-electron chi connectivity index (χ3n) is 3.90. The van der Waals surface area contributed by atoms with Gasteiger partial charge in [0.2, 0.25) is 5.91 Å². The van der Waals surface area contributed by atoms with Crippen LogP contribution >= 0.6 is 11.6 Å². The Kier molecular flexibility index (Phi) is 5.49. The Morgan fingerprint density at radius 1 is 1.08 bits per heavy atom. The van der Waals surface area contributed by atoms with Crippen LogP contribution in [0.1, 0.15) is 24.2 Å². The van der Waals surface area contributed by atoms with Gasteiger partial charge in [-0.15, -0.1) is 0 Å². The molecule has 0 bridgehead atoms. The first-order valence-corrected chi connectivity index (χ1v) is 8.53. The van der Waals surface area contributed by atoms with E-state index in [0.29, 0.717) is 19.4 Å². The van der Waals surface area contributed by atoms with E-state index in [9.17, 15) is 4.79 Å². The standard InChI is InChI=1S/C19H20ClN3O/c20-15-10-8-14(9-11-15)4-3-7-19(24)21-13-12-18-22-16-5-1-2-6-17(16)23-18/h1-2,5-6,8-11H,3-4,7,12-13H2,(H,21,24)(H,22,23). The largest absolute Gasteiger partial charge is 0.356 e. The lowest BCUT2D eigenvalue weighted by Crippen LogP contribution is -2.25. The first-order valence-electron chi connectivity index (χ1n) is 8.15. The Bertz CT molecular complexity index is 778. The number of imidazole rings is 1. The molecule has 1 heterocycles. The minimum atomic E-state index is 0.0834. The Hall–Kier alpha value is -2.33. The molecule has 0 saturated heterocycles. The lowest BCUT2D eigenvalue weighted by atomic mass is 10.1. The molecular formula is C19H20ClN3O. The predicted molar refractivity (Wildman–Crippen MR) is 97.2 cm³/mol. The molecule has 5 heteroatoms. The number of nitrogens with one attached hydrogen (secondary N) is 2. The summed E-state index contributed by atoms with van der Waals surface area (Å²) in [7, 11) is 0. The highest BCUT2D eigenvalue weighted by atomic mass is 35.5. The molecule has 0 radical (unpaired) electrons. The van der Waals surface area contributed by atoms with Crippen LogP contribution in [0.3, 0.4) is 0 Å². The number of aromatic amines is 1. The average Bonchev–Trinajstić information content (AvgIpc) is 2.99. The van der Waals surface area contributed by atoms with E-state index in [-0.39, 0.29) is 5.91 Å². The minimum Gasteiger partial charge on any atom is -0.356 e. The number of carbonyl (C=O) groups excluding carboxylic acids is 1. The molecule has 124 valence electrons. The van der Waals surface area contributed by atoms with Crippen molar-refractivity contribution in [3.8, 4) is 0 Å². The summed E-state index contributed by atoms with van der Waals surface area (Å²) in [5, 5.41) is 3.69. The van der Waals surface area contributed by atoms with Crippen molar-refractivity contribution in [1.29, 1.82) is 0 Å². The molecule has 2 aromatic carbocycles. The van der Waals surface area contributed by atoms with Gasteiger partial charge in [0, 0.05) is 24.4 Å². The zero-order valence-electron chi connectivity index (χ0n) is 13.4. The number of hydrogen-bond donors (Lipinski definition) is 2. The number of H-pyrrole nitrogens is 1. The third-order valence-corrected chi connectivity index (χ3v) is 4.16. The number of aromatic nitrogens is 2. The number of hydrogen-bond acceptors (Lipinski definition) is 2. The SMILES string of the molecule is O=C(CCCc1ccc(Cl)cc1)NCCc1nc2ccccc2[nH]1. The van der Waals surface area contributed by atoms with Crippen LogP contribution in [0.4, 0.5) is 0 Å². The third kappa shape index (κ3) is 4.59. The fourth-order valence-electron chi connectivity index (χ4n) is 2.64. The van der Waals surface area contributed by atoms with Crippen molar-refractivity contribution in [3.05, 3.63) is 64.9 Å². The number of para-hydroxylation sites is 2. The number of halogens is 1. The maximum Gasteiger partial charge on any atom is 0.220 e. The molecule has 3 rings (SSSR count). The fourth-order valence-corrected chi connectivity index (χ4v) is 2.76. The number of nitrogens with zero attached hydrogens (tertiary/aromatic N) is 1. The highest BCUT2D eigenvalue weighted by Gasteiger charge is 2.04. The summed E-state index contributed by atoms with van der Waals surface area (Å²) in [5.74, 6) is 0.984. The van der Waals surface area contributed by atoms with E-state index in [4.69, 9.17) is 11.6 Å². The molecule has 0 unspecified atom stereocenters. The number of carbonyl (C=O) groups is 1. The molecule has 0 aliphatic heterocycles. The van der Waals surface area contributed by atoms with Gasteiger partial charge >= 0.3 is 0 Å². The molecule has 3 aromatic rings. The van der Waals surface area contributed by atoms with Crippen molar-refractivity contribution in [2.45, 2.75) is 25.7 Å². The molecule has 0 aliphatic rings. The van der Waals surface area contributed by atoms with E-state index in [1.165, 1.54) is 5.56 Å². The number of rotatable bonds is 7. The van der Waals surface area contributed by atoms with Crippen molar-refractivity contribution in [3.63, 3.8) is 0 Å². The zero-order valence-corrected chi connectivity index (χ0v) is 14.1. The molecule has 0 atom stereocenters. The van der Waals surface area contributed by atoms with E-state index in [2.05, 4.69) is 15.3 Å². The Morgan fingerprint density at radius 2 is 1.88 bits per heavy atom. The van der Waals surface area contributed by atoms with Crippen molar-refractivity contribution in [2.24, 2.45) is 0 Å². The van der Waals surface area contributed by atoms with Gasteiger partial charge in [0.1, 0.15) is 5.82 Å². The van der Waals surface area contributed by atoms with Gasteiger partial charge in [0.15, 0.2) is 0 Å². The zero-order chi connectivity index (χ0) is 16.8. The van der Waals surface area contributed by atoms with Gasteiger partial charge in [-0.1, -0.05) is 35.9 Å². The Labute approximate surface area is 146 Å². The molecule has 0 spiro atoms. The predicted octanol–water partition coefficient (Wildman–Crippen LogP) is 3.90. The van der Waals surface area contributed by atoms with Gasteiger partial charge in [0.05, 0.1) is 11.0 Å². The van der Waals surface area contributed by atoms with Crippen LogP contribution in [0.5, 0.6) is 0 Å². The second kappa shape index (κ2) is 7.97. The molecule has 0 fully saturated rings.